The fourth-order valence-corrected chi connectivity index (χ4v) is 2.01. The van der Waals surface area contributed by atoms with Crippen LogP contribution in [-0.2, 0) is 6.54 Å². The lowest BCUT2D eigenvalue weighted by Gasteiger charge is -2.04. The van der Waals surface area contributed by atoms with Crippen LogP contribution >= 0.6 is 0 Å². The summed E-state index contributed by atoms with van der Waals surface area (Å²) in [5.74, 6) is 0.0136. The van der Waals surface area contributed by atoms with Crippen LogP contribution in [0.1, 0.15) is 19.8 Å². The van der Waals surface area contributed by atoms with Crippen LogP contribution in [0.15, 0.2) is 34.5 Å². The van der Waals surface area contributed by atoms with E-state index < -0.39 is 6.03 Å². The molecule has 0 saturated carbocycles. The summed E-state index contributed by atoms with van der Waals surface area (Å²) >= 11 is 0. The molecule has 2 amide bonds. The van der Waals surface area contributed by atoms with Gasteiger partial charge < -0.3 is 15.4 Å². The fraction of sp³-hybridized carbons (Fsp3) is 0.308. The van der Waals surface area contributed by atoms with Crippen molar-refractivity contribution in [1.29, 1.82) is 0 Å². The van der Waals surface area contributed by atoms with Crippen LogP contribution in [0.5, 0.6) is 5.88 Å². The van der Waals surface area contributed by atoms with Crippen molar-refractivity contribution in [2.24, 2.45) is 16.0 Å². The molecule has 2 aromatic rings. The van der Waals surface area contributed by atoms with E-state index in [4.69, 9.17) is 5.73 Å². The summed E-state index contributed by atoms with van der Waals surface area (Å²) in [6.07, 6.45) is 1.96. The molecule has 0 fully saturated rings. The summed E-state index contributed by atoms with van der Waals surface area (Å²) in [5, 5.41) is 18.0. The van der Waals surface area contributed by atoms with Crippen molar-refractivity contribution in [1.82, 2.24) is 4.57 Å². The average Bonchev–Trinajstić information content (AvgIpc) is 2.66. The molecule has 0 saturated heterocycles. The molecule has 0 spiro atoms. The van der Waals surface area contributed by atoms with Gasteiger partial charge >= 0.3 is 6.03 Å². The van der Waals surface area contributed by atoms with Gasteiger partial charge in [0, 0.05) is 11.9 Å². The third-order valence-electron chi connectivity index (χ3n) is 2.90. The smallest absolute Gasteiger partial charge is 0.356 e. The fourth-order valence-electron chi connectivity index (χ4n) is 2.01. The van der Waals surface area contributed by atoms with E-state index in [1.165, 1.54) is 0 Å². The van der Waals surface area contributed by atoms with Gasteiger partial charge in [-0.2, -0.15) is 0 Å². The second kappa shape index (κ2) is 5.51. The molecule has 0 bridgehead atoms. The second-order valence-electron chi connectivity index (χ2n) is 4.23. The van der Waals surface area contributed by atoms with Gasteiger partial charge in [0.15, 0.2) is 5.69 Å². The molecule has 1 heterocycles. The van der Waals surface area contributed by atoms with Gasteiger partial charge in [0.2, 0.25) is 5.88 Å². The molecule has 3 N–H and O–H groups in total. The molecule has 0 aliphatic heterocycles. The number of amides is 2. The lowest BCUT2D eigenvalue weighted by atomic mass is 10.2. The second-order valence-corrected chi connectivity index (χ2v) is 4.23. The Morgan fingerprint density at radius 1 is 1.42 bits per heavy atom. The van der Waals surface area contributed by atoms with Crippen molar-refractivity contribution < 1.29 is 9.90 Å². The number of rotatable bonds is 4. The number of carbonyl (C=O) groups excluding carboxylic acids is 1. The number of aromatic hydroxyl groups is 1. The van der Waals surface area contributed by atoms with E-state index in [-0.39, 0.29) is 11.6 Å². The third kappa shape index (κ3) is 2.57. The zero-order valence-electron chi connectivity index (χ0n) is 10.7. The number of fused-ring (bicyclic) bond motifs is 1. The first kappa shape index (κ1) is 13.1. The predicted molar refractivity (Wildman–Crippen MR) is 72.6 cm³/mol. The summed E-state index contributed by atoms with van der Waals surface area (Å²) in [7, 11) is 0. The van der Waals surface area contributed by atoms with Crippen molar-refractivity contribution in [3.8, 4) is 5.88 Å². The summed E-state index contributed by atoms with van der Waals surface area (Å²) < 4.78 is 1.77. The highest BCUT2D eigenvalue weighted by atomic mass is 16.3. The van der Waals surface area contributed by atoms with E-state index in [0.29, 0.717) is 6.54 Å². The number of aromatic nitrogens is 1. The molecule has 100 valence electrons. The maximum absolute atomic E-state index is 10.7. The Morgan fingerprint density at radius 2 is 2.16 bits per heavy atom. The Bertz CT molecular complexity index is 631. The molecular weight excluding hydrogens is 244 g/mol. The van der Waals surface area contributed by atoms with E-state index in [0.717, 1.165) is 23.7 Å². The normalized spacial score (nSPS) is 11.4. The van der Waals surface area contributed by atoms with E-state index in [1.54, 1.807) is 4.57 Å². The SMILES string of the molecule is CCCCn1c(O)c(N=NC(N)=O)c2ccccc21. The highest BCUT2D eigenvalue weighted by molar-refractivity contribution is 5.95. The van der Waals surface area contributed by atoms with E-state index in [2.05, 4.69) is 17.2 Å². The Balaban J connectivity index is 2.56. The maximum atomic E-state index is 10.7. The number of unbranched alkanes of at least 4 members (excludes halogenated alkanes) is 1. The number of azo groups is 1. The number of hydrogen-bond acceptors (Lipinski definition) is 3. The number of carbonyl (C=O) groups is 1. The summed E-state index contributed by atoms with van der Waals surface area (Å²) in [5.41, 5.74) is 6.08. The van der Waals surface area contributed by atoms with Crippen LogP contribution in [0, 0.1) is 0 Å². The molecule has 6 nitrogen and oxygen atoms in total. The van der Waals surface area contributed by atoms with Crippen molar-refractivity contribution in [2.45, 2.75) is 26.3 Å². The van der Waals surface area contributed by atoms with Crippen molar-refractivity contribution in [2.75, 3.05) is 0 Å². The Kier molecular flexibility index (Phi) is 3.79. The monoisotopic (exact) mass is 260 g/mol. The van der Waals surface area contributed by atoms with Gasteiger partial charge in [-0.15, -0.1) is 5.11 Å². The Labute approximate surface area is 110 Å². The van der Waals surface area contributed by atoms with Crippen LogP contribution in [0.2, 0.25) is 0 Å². The Hall–Kier alpha value is -2.37. The largest absolute Gasteiger partial charge is 0.493 e. The topological polar surface area (TPSA) is 93.0 Å². The Morgan fingerprint density at radius 3 is 2.84 bits per heavy atom. The van der Waals surface area contributed by atoms with Gasteiger partial charge in [-0.25, -0.2) is 4.79 Å². The number of urea groups is 1. The minimum atomic E-state index is -0.884. The number of benzene rings is 1. The van der Waals surface area contributed by atoms with Gasteiger partial charge in [-0.05, 0) is 12.5 Å². The van der Waals surface area contributed by atoms with Gasteiger partial charge in [0.05, 0.1) is 5.52 Å². The third-order valence-corrected chi connectivity index (χ3v) is 2.90. The molecule has 0 aliphatic carbocycles. The van der Waals surface area contributed by atoms with Crippen LogP contribution in [-0.4, -0.2) is 15.7 Å². The molecule has 2 rings (SSSR count). The van der Waals surface area contributed by atoms with Gasteiger partial charge in [-0.1, -0.05) is 36.7 Å². The highest BCUT2D eigenvalue weighted by Gasteiger charge is 2.15. The van der Waals surface area contributed by atoms with Crippen LogP contribution in [0.25, 0.3) is 10.9 Å². The summed E-state index contributed by atoms with van der Waals surface area (Å²) in [4.78, 5) is 10.7. The van der Waals surface area contributed by atoms with E-state index >= 15 is 0 Å². The van der Waals surface area contributed by atoms with Crippen molar-refractivity contribution in [3.05, 3.63) is 24.3 Å². The first-order valence-corrected chi connectivity index (χ1v) is 6.16. The molecular formula is C13H16N4O2. The standard InChI is InChI=1S/C13H16N4O2/c1-2-3-8-17-10-7-5-4-6-9(10)11(12(17)18)15-16-13(14)19/h4-7,18H,2-3,8H2,1H3,(H2,14,19). The van der Waals surface area contributed by atoms with Crippen LogP contribution in [0.3, 0.4) is 0 Å². The molecule has 1 aromatic heterocycles. The molecule has 19 heavy (non-hydrogen) atoms. The number of primary amides is 1. The highest BCUT2D eigenvalue weighted by Crippen LogP contribution is 2.38. The number of nitrogens with zero attached hydrogens (tertiary/aromatic N) is 3. The number of para-hydroxylation sites is 1. The van der Waals surface area contributed by atoms with Gasteiger partial charge in [0.25, 0.3) is 0 Å². The summed E-state index contributed by atoms with van der Waals surface area (Å²) in [6, 6.07) is 6.57. The maximum Gasteiger partial charge on any atom is 0.356 e. The first-order valence-electron chi connectivity index (χ1n) is 6.16. The number of hydrogen-bond donors (Lipinski definition) is 2. The van der Waals surface area contributed by atoms with Crippen molar-refractivity contribution in [3.63, 3.8) is 0 Å². The van der Waals surface area contributed by atoms with Crippen LogP contribution < -0.4 is 5.73 Å². The lowest BCUT2D eigenvalue weighted by molar-refractivity contribution is 0.255. The molecule has 0 unspecified atom stereocenters. The van der Waals surface area contributed by atoms with Crippen LogP contribution in [0.4, 0.5) is 10.5 Å². The minimum Gasteiger partial charge on any atom is -0.493 e. The zero-order chi connectivity index (χ0) is 13.8. The van der Waals surface area contributed by atoms with Gasteiger partial charge in [0.1, 0.15) is 0 Å². The predicted octanol–water partition coefficient (Wildman–Crippen LogP) is 3.31. The molecule has 0 atom stereocenters. The quantitative estimate of drug-likeness (QED) is 0.825. The number of nitrogens with two attached hydrogens (primary N) is 1. The van der Waals surface area contributed by atoms with E-state index in [1.807, 2.05) is 24.3 Å². The first-order chi connectivity index (χ1) is 9.15. The summed E-state index contributed by atoms with van der Waals surface area (Å²) in [6.45, 7) is 2.77. The lowest BCUT2D eigenvalue weighted by Crippen LogP contribution is -2.01. The average molecular weight is 260 g/mol. The molecule has 0 radical (unpaired) electrons. The number of aryl methyl sites for hydroxylation is 1. The minimum absolute atomic E-state index is 0.0136. The molecule has 0 aliphatic rings. The molecule has 6 heteroatoms. The van der Waals surface area contributed by atoms with E-state index in [9.17, 15) is 9.90 Å². The van der Waals surface area contributed by atoms with Gasteiger partial charge in [-0.3, -0.25) is 0 Å². The molecule has 1 aromatic carbocycles. The zero-order valence-corrected chi connectivity index (χ0v) is 10.7. The van der Waals surface area contributed by atoms with Crippen molar-refractivity contribution >= 4 is 22.6 Å².